The van der Waals surface area contributed by atoms with Gasteiger partial charge < -0.3 is 4.74 Å². The van der Waals surface area contributed by atoms with Crippen LogP contribution in [0.25, 0.3) is 16.9 Å². The highest BCUT2D eigenvalue weighted by Gasteiger charge is 2.15. The summed E-state index contributed by atoms with van der Waals surface area (Å²) in [7, 11) is 0. The zero-order valence-electron chi connectivity index (χ0n) is 11.8. The van der Waals surface area contributed by atoms with Crippen molar-refractivity contribution in [2.24, 2.45) is 0 Å². The first-order valence-electron chi connectivity index (χ1n) is 6.85. The maximum Gasteiger partial charge on any atom is 0.252 e. The van der Waals surface area contributed by atoms with Crippen LogP contribution in [0.15, 0.2) is 61.2 Å². The molecular weight excluding hydrogens is 314 g/mol. The Morgan fingerprint density at radius 1 is 0.957 bits per heavy atom. The molecule has 23 heavy (non-hydrogen) atoms. The normalized spacial score (nSPS) is 10.8. The molecular formula is C16H10ClN5O. The van der Waals surface area contributed by atoms with Gasteiger partial charge in [0.05, 0.1) is 0 Å². The highest BCUT2D eigenvalue weighted by molar-refractivity contribution is 6.28. The second-order valence-corrected chi connectivity index (χ2v) is 5.04. The van der Waals surface area contributed by atoms with E-state index in [9.17, 15) is 0 Å². The molecule has 6 nitrogen and oxygen atoms in total. The molecule has 0 aliphatic carbocycles. The van der Waals surface area contributed by atoms with Crippen molar-refractivity contribution in [2.75, 3.05) is 0 Å². The van der Waals surface area contributed by atoms with Crippen molar-refractivity contribution in [3.05, 3.63) is 66.5 Å². The molecule has 3 aromatic heterocycles. The Kier molecular flexibility index (Phi) is 3.36. The predicted octanol–water partition coefficient (Wildman–Crippen LogP) is 3.66. The molecule has 0 aliphatic rings. The third kappa shape index (κ3) is 2.60. The molecule has 4 rings (SSSR count). The molecule has 0 fully saturated rings. The lowest BCUT2D eigenvalue weighted by molar-refractivity contribution is 0.466. The van der Waals surface area contributed by atoms with Crippen LogP contribution in [0.2, 0.25) is 5.28 Å². The van der Waals surface area contributed by atoms with Gasteiger partial charge in [0.2, 0.25) is 5.28 Å². The number of hydrogen-bond acceptors (Lipinski definition) is 5. The Morgan fingerprint density at radius 3 is 2.52 bits per heavy atom. The summed E-state index contributed by atoms with van der Waals surface area (Å²) in [5.41, 5.74) is 2.05. The van der Waals surface area contributed by atoms with Gasteiger partial charge in [-0.1, -0.05) is 18.2 Å². The summed E-state index contributed by atoms with van der Waals surface area (Å²) in [4.78, 5) is 16.7. The van der Waals surface area contributed by atoms with Gasteiger partial charge in [0.15, 0.2) is 11.2 Å². The van der Waals surface area contributed by atoms with E-state index in [0.29, 0.717) is 22.8 Å². The van der Waals surface area contributed by atoms with E-state index < -0.39 is 0 Å². The van der Waals surface area contributed by atoms with Crippen LogP contribution >= 0.6 is 11.6 Å². The molecule has 0 saturated heterocycles. The standard InChI is InChI=1S/C16H10ClN5O/c17-16-20-14-13(15(21-16)23-12-6-8-18-9-7-12)19-10-22(14)11-4-2-1-3-5-11/h1-10H. The number of pyridine rings is 1. The fourth-order valence-electron chi connectivity index (χ4n) is 2.22. The van der Waals surface area contributed by atoms with Crippen molar-refractivity contribution < 1.29 is 4.74 Å². The molecule has 0 spiro atoms. The fourth-order valence-corrected chi connectivity index (χ4v) is 2.37. The maximum atomic E-state index is 6.05. The van der Waals surface area contributed by atoms with Crippen LogP contribution in [0, 0.1) is 0 Å². The monoisotopic (exact) mass is 323 g/mol. The Hall–Kier alpha value is -2.99. The molecule has 0 radical (unpaired) electrons. The molecule has 0 bridgehead atoms. The largest absolute Gasteiger partial charge is 0.437 e. The van der Waals surface area contributed by atoms with Crippen LogP contribution in [0.1, 0.15) is 0 Å². The molecule has 0 atom stereocenters. The summed E-state index contributed by atoms with van der Waals surface area (Å²) < 4.78 is 7.61. The summed E-state index contributed by atoms with van der Waals surface area (Å²) >= 11 is 6.05. The number of imidazole rings is 1. The van der Waals surface area contributed by atoms with Crippen LogP contribution in [0.3, 0.4) is 0 Å². The summed E-state index contributed by atoms with van der Waals surface area (Å²) in [5, 5.41) is 0.0965. The minimum absolute atomic E-state index is 0.0965. The Bertz CT molecular complexity index is 956. The molecule has 112 valence electrons. The number of para-hydroxylation sites is 1. The predicted molar refractivity (Wildman–Crippen MR) is 86.0 cm³/mol. The number of benzene rings is 1. The second-order valence-electron chi connectivity index (χ2n) is 4.71. The van der Waals surface area contributed by atoms with E-state index in [1.165, 1.54) is 0 Å². The summed E-state index contributed by atoms with van der Waals surface area (Å²) in [6.45, 7) is 0. The van der Waals surface area contributed by atoms with Crippen LogP contribution in [0.4, 0.5) is 0 Å². The van der Waals surface area contributed by atoms with Crippen LogP contribution in [0.5, 0.6) is 11.6 Å². The van der Waals surface area contributed by atoms with Gasteiger partial charge in [0.1, 0.15) is 12.1 Å². The van der Waals surface area contributed by atoms with Gasteiger partial charge in [-0.05, 0) is 35.9 Å². The number of fused-ring (bicyclic) bond motifs is 1. The Morgan fingerprint density at radius 2 is 1.74 bits per heavy atom. The quantitative estimate of drug-likeness (QED) is 0.538. The zero-order chi connectivity index (χ0) is 15.6. The number of nitrogens with zero attached hydrogens (tertiary/aromatic N) is 5. The number of ether oxygens (including phenoxy) is 1. The smallest absolute Gasteiger partial charge is 0.252 e. The lowest BCUT2D eigenvalue weighted by atomic mass is 10.3. The first-order chi connectivity index (χ1) is 11.3. The van der Waals surface area contributed by atoms with Crippen molar-refractivity contribution in [1.29, 1.82) is 0 Å². The molecule has 0 N–H and O–H groups in total. The van der Waals surface area contributed by atoms with E-state index in [0.717, 1.165) is 5.69 Å². The number of aromatic nitrogens is 5. The SMILES string of the molecule is Clc1nc(Oc2ccncc2)c2ncn(-c3ccccc3)c2n1. The van der Waals surface area contributed by atoms with Gasteiger partial charge in [-0.15, -0.1) is 0 Å². The van der Waals surface area contributed by atoms with Gasteiger partial charge in [-0.3, -0.25) is 9.55 Å². The minimum atomic E-state index is 0.0965. The number of halogens is 1. The minimum Gasteiger partial charge on any atom is -0.437 e. The highest BCUT2D eigenvalue weighted by atomic mass is 35.5. The molecule has 0 saturated carbocycles. The average Bonchev–Trinajstić information content (AvgIpc) is 3.00. The fraction of sp³-hybridized carbons (Fsp3) is 0. The molecule has 1 aromatic carbocycles. The second kappa shape index (κ2) is 5.66. The molecule has 0 unspecified atom stereocenters. The summed E-state index contributed by atoms with van der Waals surface area (Å²) in [5.74, 6) is 0.909. The summed E-state index contributed by atoms with van der Waals surface area (Å²) in [6, 6.07) is 13.2. The van der Waals surface area contributed by atoms with E-state index in [1.54, 1.807) is 30.9 Å². The number of hydrogen-bond donors (Lipinski definition) is 0. The van der Waals surface area contributed by atoms with E-state index in [-0.39, 0.29) is 5.28 Å². The van der Waals surface area contributed by atoms with Crippen molar-refractivity contribution in [2.45, 2.75) is 0 Å². The third-order valence-electron chi connectivity index (χ3n) is 3.24. The first kappa shape index (κ1) is 13.7. The van der Waals surface area contributed by atoms with Crippen molar-refractivity contribution in [3.8, 4) is 17.3 Å². The van der Waals surface area contributed by atoms with Crippen LogP contribution < -0.4 is 4.74 Å². The van der Waals surface area contributed by atoms with Gasteiger partial charge in [-0.25, -0.2) is 4.98 Å². The van der Waals surface area contributed by atoms with E-state index in [4.69, 9.17) is 16.3 Å². The molecule has 3 heterocycles. The molecule has 0 aliphatic heterocycles. The van der Waals surface area contributed by atoms with Gasteiger partial charge in [-0.2, -0.15) is 9.97 Å². The lowest BCUT2D eigenvalue weighted by Crippen LogP contribution is -1.97. The van der Waals surface area contributed by atoms with Crippen molar-refractivity contribution in [3.63, 3.8) is 0 Å². The van der Waals surface area contributed by atoms with E-state index in [1.807, 2.05) is 34.9 Å². The average molecular weight is 324 g/mol. The van der Waals surface area contributed by atoms with Gasteiger partial charge in [0.25, 0.3) is 5.88 Å². The van der Waals surface area contributed by atoms with Crippen LogP contribution in [-0.4, -0.2) is 24.5 Å². The van der Waals surface area contributed by atoms with Gasteiger partial charge >= 0.3 is 0 Å². The zero-order valence-corrected chi connectivity index (χ0v) is 12.6. The maximum absolute atomic E-state index is 6.05. The first-order valence-corrected chi connectivity index (χ1v) is 7.23. The third-order valence-corrected chi connectivity index (χ3v) is 3.40. The highest BCUT2D eigenvalue weighted by Crippen LogP contribution is 2.28. The van der Waals surface area contributed by atoms with Crippen molar-refractivity contribution >= 4 is 22.8 Å². The summed E-state index contributed by atoms with van der Waals surface area (Å²) in [6.07, 6.45) is 4.94. The van der Waals surface area contributed by atoms with E-state index >= 15 is 0 Å². The Labute approximate surface area is 136 Å². The topological polar surface area (TPSA) is 65.7 Å². The van der Waals surface area contributed by atoms with E-state index in [2.05, 4.69) is 19.9 Å². The molecule has 0 amide bonds. The van der Waals surface area contributed by atoms with Crippen molar-refractivity contribution in [1.82, 2.24) is 24.5 Å². The van der Waals surface area contributed by atoms with Gasteiger partial charge in [0, 0.05) is 18.1 Å². The lowest BCUT2D eigenvalue weighted by Gasteiger charge is -2.06. The number of rotatable bonds is 3. The molecule has 4 aromatic rings. The Balaban J connectivity index is 1.85. The van der Waals surface area contributed by atoms with Crippen LogP contribution in [-0.2, 0) is 0 Å². The molecule has 7 heteroatoms.